The number of anilines is 1. The highest BCUT2D eigenvalue weighted by Crippen LogP contribution is 2.42. The molecule has 7 heteroatoms. The van der Waals surface area contributed by atoms with E-state index in [1.807, 2.05) is 20.8 Å². The standard InChI is InChI=1S/C32H45NO5S/c1-21-6-7-26(22(2)18-21)29(34)33(27-19-25(11-13-31(3,4)5)39-28(27)30(35)36)24-9-15-32(37,16-10-24)14-8-23-12-17-38-20-23/h6,19,22-24,26,37H,7-10,12,14-18,20H2,1-5H3,(H,35,36)/t22-,23-,24-,26?,32+/m0/s1. The molecule has 3 atom stereocenters. The summed E-state index contributed by atoms with van der Waals surface area (Å²) in [5.74, 6) is 5.84. The zero-order valence-electron chi connectivity index (χ0n) is 24.2. The summed E-state index contributed by atoms with van der Waals surface area (Å²) < 4.78 is 5.51. The van der Waals surface area contributed by atoms with Gasteiger partial charge in [0.25, 0.3) is 0 Å². The number of amides is 1. The molecular weight excluding hydrogens is 510 g/mol. The summed E-state index contributed by atoms with van der Waals surface area (Å²) in [4.78, 5) is 29.3. The second-order valence-corrected chi connectivity index (χ2v) is 14.2. The lowest BCUT2D eigenvalue weighted by Gasteiger charge is -2.43. The maximum atomic E-state index is 14.3. The van der Waals surface area contributed by atoms with Crippen molar-refractivity contribution in [2.75, 3.05) is 18.1 Å². The van der Waals surface area contributed by atoms with Crippen LogP contribution in [0.1, 0.15) is 107 Å². The summed E-state index contributed by atoms with van der Waals surface area (Å²) in [6, 6.07) is 1.66. The van der Waals surface area contributed by atoms with Gasteiger partial charge in [0.2, 0.25) is 5.91 Å². The van der Waals surface area contributed by atoms with E-state index in [1.165, 1.54) is 5.57 Å². The highest BCUT2D eigenvalue weighted by Gasteiger charge is 2.41. The van der Waals surface area contributed by atoms with Gasteiger partial charge in [0.1, 0.15) is 4.88 Å². The molecule has 1 unspecified atom stereocenters. The number of aromatic carboxylic acids is 1. The largest absolute Gasteiger partial charge is 0.477 e. The first-order valence-electron chi connectivity index (χ1n) is 14.5. The first-order chi connectivity index (χ1) is 18.3. The highest BCUT2D eigenvalue weighted by molar-refractivity contribution is 7.15. The summed E-state index contributed by atoms with van der Waals surface area (Å²) in [6.45, 7) is 11.9. The number of allylic oxidation sites excluding steroid dienone is 2. The Morgan fingerprint density at radius 3 is 2.54 bits per heavy atom. The topological polar surface area (TPSA) is 87.1 Å². The molecule has 0 aromatic carbocycles. The summed E-state index contributed by atoms with van der Waals surface area (Å²) in [5, 5.41) is 21.5. The van der Waals surface area contributed by atoms with Gasteiger partial charge in [-0.05, 0) is 103 Å². The highest BCUT2D eigenvalue weighted by atomic mass is 32.1. The number of rotatable bonds is 7. The molecule has 0 bridgehead atoms. The van der Waals surface area contributed by atoms with Gasteiger partial charge in [0.05, 0.1) is 16.2 Å². The molecule has 4 rings (SSSR count). The second-order valence-electron chi connectivity index (χ2n) is 13.1. The lowest BCUT2D eigenvalue weighted by Crippen LogP contribution is -2.50. The Bertz CT molecular complexity index is 1140. The number of hydrogen-bond acceptors (Lipinski definition) is 5. The molecule has 1 aromatic rings. The lowest BCUT2D eigenvalue weighted by molar-refractivity contribution is -0.125. The first kappa shape index (κ1) is 29.8. The van der Waals surface area contributed by atoms with E-state index >= 15 is 0 Å². The quantitative estimate of drug-likeness (QED) is 0.290. The van der Waals surface area contributed by atoms with Crippen molar-refractivity contribution in [2.24, 2.45) is 23.2 Å². The zero-order chi connectivity index (χ0) is 28.4. The number of ether oxygens (including phenoxy) is 1. The van der Waals surface area contributed by atoms with Crippen molar-refractivity contribution in [3.8, 4) is 11.8 Å². The van der Waals surface area contributed by atoms with Gasteiger partial charge in [-0.15, -0.1) is 11.3 Å². The average molecular weight is 556 g/mol. The van der Waals surface area contributed by atoms with Crippen LogP contribution in [0.25, 0.3) is 0 Å². The van der Waals surface area contributed by atoms with Gasteiger partial charge in [-0.2, -0.15) is 0 Å². The van der Waals surface area contributed by atoms with Gasteiger partial charge >= 0.3 is 5.97 Å². The molecule has 0 spiro atoms. The Labute approximate surface area is 237 Å². The number of carboxylic acids is 1. The number of aliphatic hydroxyl groups is 1. The van der Waals surface area contributed by atoms with E-state index in [9.17, 15) is 19.8 Å². The Balaban J connectivity index is 1.62. The van der Waals surface area contributed by atoms with Crippen LogP contribution in [0.4, 0.5) is 5.69 Å². The molecule has 2 N–H and O–H groups in total. The van der Waals surface area contributed by atoms with Crippen molar-refractivity contribution in [3.63, 3.8) is 0 Å². The van der Waals surface area contributed by atoms with Crippen molar-refractivity contribution < 1.29 is 24.5 Å². The van der Waals surface area contributed by atoms with Crippen LogP contribution in [0.15, 0.2) is 17.7 Å². The smallest absolute Gasteiger partial charge is 0.348 e. The lowest BCUT2D eigenvalue weighted by atomic mass is 9.76. The Hall–Kier alpha value is -2.14. The van der Waals surface area contributed by atoms with E-state index < -0.39 is 11.6 Å². The summed E-state index contributed by atoms with van der Waals surface area (Å²) in [5.41, 5.74) is 0.811. The molecule has 6 nitrogen and oxygen atoms in total. The van der Waals surface area contributed by atoms with Crippen LogP contribution >= 0.6 is 11.3 Å². The summed E-state index contributed by atoms with van der Waals surface area (Å²) in [6.07, 6.45) is 8.98. The van der Waals surface area contributed by atoms with Crippen molar-refractivity contribution in [3.05, 3.63) is 27.5 Å². The van der Waals surface area contributed by atoms with Crippen LogP contribution in [0, 0.1) is 35.0 Å². The Kier molecular flexibility index (Phi) is 9.30. The Morgan fingerprint density at radius 1 is 1.23 bits per heavy atom. The molecule has 214 valence electrons. The minimum absolute atomic E-state index is 0.000393. The van der Waals surface area contributed by atoms with Crippen molar-refractivity contribution in [2.45, 2.75) is 104 Å². The molecule has 1 amide bonds. The summed E-state index contributed by atoms with van der Waals surface area (Å²) in [7, 11) is 0. The molecule has 3 aliphatic rings. The van der Waals surface area contributed by atoms with E-state index in [0.29, 0.717) is 48.6 Å². The normalized spacial score (nSPS) is 29.3. The average Bonchev–Trinajstić information content (AvgIpc) is 3.53. The number of carbonyl (C=O) groups is 2. The van der Waals surface area contributed by atoms with Crippen LogP contribution in [-0.2, 0) is 9.53 Å². The SMILES string of the molecule is CC1=CCC(C(=O)N(c2cc(C#CC(C)(C)C)sc2C(=O)O)[C@H]2CC[C@](O)(CC[C@H]3CCOC3)CC2)[C@@H](C)C1. The third-order valence-corrected chi connectivity index (χ3v) is 9.65. The minimum Gasteiger partial charge on any atom is -0.477 e. The second kappa shape index (κ2) is 12.2. The molecule has 2 heterocycles. The third-order valence-electron chi connectivity index (χ3n) is 8.63. The number of thiophene rings is 1. The van der Waals surface area contributed by atoms with Crippen LogP contribution in [-0.4, -0.2) is 46.9 Å². The molecule has 2 aliphatic carbocycles. The zero-order valence-corrected chi connectivity index (χ0v) is 25.0. The van der Waals surface area contributed by atoms with Gasteiger partial charge in [-0.1, -0.05) is 30.4 Å². The van der Waals surface area contributed by atoms with E-state index in [1.54, 1.807) is 11.0 Å². The van der Waals surface area contributed by atoms with Crippen LogP contribution in [0.5, 0.6) is 0 Å². The Morgan fingerprint density at radius 2 is 1.95 bits per heavy atom. The molecule has 2 fully saturated rings. The molecule has 1 saturated heterocycles. The minimum atomic E-state index is -1.03. The fourth-order valence-electron chi connectivity index (χ4n) is 6.27. The van der Waals surface area contributed by atoms with E-state index in [-0.39, 0.29) is 34.1 Å². The van der Waals surface area contributed by atoms with Crippen LogP contribution < -0.4 is 4.90 Å². The molecule has 1 aromatic heterocycles. The van der Waals surface area contributed by atoms with Crippen molar-refractivity contribution in [1.82, 2.24) is 0 Å². The van der Waals surface area contributed by atoms with E-state index in [2.05, 4.69) is 31.8 Å². The summed E-state index contributed by atoms with van der Waals surface area (Å²) >= 11 is 1.15. The fourth-order valence-corrected chi connectivity index (χ4v) is 7.11. The molecule has 1 aliphatic heterocycles. The van der Waals surface area contributed by atoms with Crippen molar-refractivity contribution >= 4 is 28.9 Å². The van der Waals surface area contributed by atoms with Crippen LogP contribution in [0.2, 0.25) is 0 Å². The number of carbonyl (C=O) groups excluding carboxylic acids is 1. The van der Waals surface area contributed by atoms with E-state index in [4.69, 9.17) is 4.74 Å². The van der Waals surface area contributed by atoms with Gasteiger partial charge in [0, 0.05) is 30.6 Å². The predicted molar refractivity (Wildman–Crippen MR) is 156 cm³/mol. The van der Waals surface area contributed by atoms with Gasteiger partial charge in [-0.3, -0.25) is 4.79 Å². The number of carboxylic acid groups (broad SMARTS) is 1. The van der Waals surface area contributed by atoms with Gasteiger partial charge in [0.15, 0.2) is 0 Å². The first-order valence-corrected chi connectivity index (χ1v) is 15.4. The van der Waals surface area contributed by atoms with Gasteiger partial charge in [-0.25, -0.2) is 4.79 Å². The molecule has 1 saturated carbocycles. The van der Waals surface area contributed by atoms with Crippen molar-refractivity contribution in [1.29, 1.82) is 0 Å². The fraction of sp³-hybridized carbons (Fsp3) is 0.688. The molecular formula is C32H45NO5S. The van der Waals surface area contributed by atoms with E-state index in [0.717, 1.165) is 50.2 Å². The molecule has 0 radical (unpaired) electrons. The number of nitrogens with zero attached hydrogens (tertiary/aromatic N) is 1. The molecule has 39 heavy (non-hydrogen) atoms. The third kappa shape index (κ3) is 7.54. The van der Waals surface area contributed by atoms with Gasteiger partial charge < -0.3 is 19.8 Å². The predicted octanol–water partition coefficient (Wildman–Crippen LogP) is 6.66. The monoisotopic (exact) mass is 555 g/mol. The van der Waals surface area contributed by atoms with Crippen LogP contribution in [0.3, 0.4) is 0 Å². The number of hydrogen-bond donors (Lipinski definition) is 2. The maximum absolute atomic E-state index is 14.3. The maximum Gasteiger partial charge on any atom is 0.348 e.